The number of carbonyl (C=O) groups is 6. The Bertz CT molecular complexity index is 5330. The van der Waals surface area contributed by atoms with Crippen molar-refractivity contribution in [3.63, 3.8) is 0 Å². The number of aliphatic carboxylic acids is 1. The summed E-state index contributed by atoms with van der Waals surface area (Å²) >= 11 is 0. The van der Waals surface area contributed by atoms with Crippen LogP contribution in [0.2, 0.25) is 0 Å². The molecule has 0 bridgehead atoms. The second-order valence-corrected chi connectivity index (χ2v) is 39.6. The first-order valence-corrected chi connectivity index (χ1v) is 54.3. The van der Waals surface area contributed by atoms with Crippen molar-refractivity contribution in [2.45, 2.75) is 293 Å². The van der Waals surface area contributed by atoms with Gasteiger partial charge in [-0.15, -0.1) is 0 Å². The quantitative estimate of drug-likeness (QED) is 0.00812. The highest BCUT2D eigenvalue weighted by Crippen LogP contribution is 2.34. The normalized spacial score (nSPS) is 12.5. The summed E-state index contributed by atoms with van der Waals surface area (Å²) in [6, 6.07) is 66.4. The van der Waals surface area contributed by atoms with Gasteiger partial charge in [0.1, 0.15) is 19.8 Å². The van der Waals surface area contributed by atoms with Crippen molar-refractivity contribution >= 4 is 93.6 Å². The third kappa shape index (κ3) is 48.9. The molecule has 3 atom stereocenters. The topological polar surface area (TPSA) is 246 Å². The Kier molecular flexibility index (Phi) is 62.4. The van der Waals surface area contributed by atoms with Crippen molar-refractivity contribution in [1.29, 1.82) is 0 Å². The fourth-order valence-corrected chi connectivity index (χ4v) is 18.6. The van der Waals surface area contributed by atoms with Gasteiger partial charge in [0.2, 0.25) is 11.8 Å². The maximum absolute atomic E-state index is 13.2. The minimum Gasteiger partial charge on any atom is -0.481 e. The molecule has 0 saturated carbocycles. The summed E-state index contributed by atoms with van der Waals surface area (Å²) in [4.78, 5) is 80.8. The number of amides is 5. The van der Waals surface area contributed by atoms with Crippen LogP contribution in [0.5, 0.6) is 0 Å². The molecular weight excluding hydrogens is 1900 g/mol. The summed E-state index contributed by atoms with van der Waals surface area (Å²) in [6.45, 7) is 21.6. The Morgan fingerprint density at radius 1 is 0.331 bits per heavy atom. The zero-order valence-electron chi connectivity index (χ0n) is 90.3. The third-order valence-corrected chi connectivity index (χ3v) is 27.3. The Morgan fingerprint density at radius 2 is 0.601 bits per heavy atom. The van der Waals surface area contributed by atoms with Crippen LogP contribution in [-0.4, -0.2) is 136 Å². The summed E-state index contributed by atoms with van der Waals surface area (Å²) in [6.07, 6.45) is 37.9. The van der Waals surface area contributed by atoms with Crippen molar-refractivity contribution in [2.24, 2.45) is 17.8 Å². The van der Waals surface area contributed by atoms with Gasteiger partial charge in [0.25, 0.3) is 0 Å². The van der Waals surface area contributed by atoms with Crippen LogP contribution in [0.25, 0.3) is 0 Å². The minimum atomic E-state index is -0.761. The molecule has 0 saturated heterocycles. The Labute approximate surface area is 908 Å². The summed E-state index contributed by atoms with van der Waals surface area (Å²) < 4.78 is 15.7. The average molecular weight is 2070 g/mol. The van der Waals surface area contributed by atoms with Crippen LogP contribution in [0.1, 0.15) is 296 Å². The molecule has 0 heterocycles. The number of rotatable bonds is 50. The number of benzene rings is 9. The number of nitrogens with one attached hydrogen (secondary N) is 5. The molecule has 5 amide bonds. The van der Waals surface area contributed by atoms with Crippen LogP contribution in [0.4, 0.5) is 31.4 Å². The first kappa shape index (κ1) is 125. The number of anilines is 3. The van der Waals surface area contributed by atoms with Gasteiger partial charge in [-0.3, -0.25) is 14.4 Å². The summed E-state index contributed by atoms with van der Waals surface area (Å²) in [5.74, 6) is 18.2. The van der Waals surface area contributed by atoms with E-state index in [-0.39, 0.29) is 84.0 Å². The van der Waals surface area contributed by atoms with E-state index >= 15 is 0 Å². The molecule has 9 aromatic carbocycles. The van der Waals surface area contributed by atoms with E-state index in [4.69, 9.17) is 19.9 Å². The van der Waals surface area contributed by atoms with E-state index in [1.807, 2.05) is 153 Å². The molecule has 0 fully saturated rings. The predicted molar refractivity (Wildman–Crippen MR) is 626 cm³/mol. The van der Waals surface area contributed by atoms with Crippen molar-refractivity contribution in [2.75, 3.05) is 96.4 Å². The molecule has 0 radical (unpaired) electrons. The number of alkyl carbamates (subject to hydrolysis) is 3. The van der Waals surface area contributed by atoms with Crippen molar-refractivity contribution in [3.05, 3.63) is 300 Å². The molecule has 800 valence electrons. The fraction of sp³-hybridized carbons (Fsp3) is 0.476. The van der Waals surface area contributed by atoms with E-state index in [9.17, 15) is 33.9 Å². The van der Waals surface area contributed by atoms with Crippen LogP contribution in [0.15, 0.2) is 200 Å². The monoisotopic (exact) mass is 2070 g/mol. The molecule has 8 N–H and O–H groups in total. The lowest BCUT2D eigenvalue weighted by Gasteiger charge is -2.22. The Hall–Kier alpha value is -11.4. The van der Waals surface area contributed by atoms with Crippen molar-refractivity contribution < 1.29 is 48.1 Å². The lowest BCUT2D eigenvalue weighted by molar-refractivity contribution is -0.141. The second kappa shape index (κ2) is 73.7. The van der Waals surface area contributed by atoms with E-state index in [2.05, 4.69) is 179 Å². The first-order valence-electron chi connectivity index (χ1n) is 54.3. The number of hydrogen-bond donors (Lipinski definition) is 7. The molecule has 0 aromatic heterocycles. The standard InChI is InChI=1S/2C42H55N3O3.C26H29NO4.C16H28N2.3H2S/c2*1-4-5-6-14-29-45(3)30-15-18-34-22-26-38(27-23-34)44-41(46)33(2)31-37-25-24-36(39-20-10-11-21-40(37)39)19-12-13-28-43-42(47)48-32-35-16-8-7-9-17-35;1-19(25(28)29)17-22-15-14-21(23-12-5-6-13-24(22)23)11-7-8-16-27-26(30)31-18-20-9-3-2-4-10-20;1-3-4-5-6-13-18(2)14-7-8-15-9-11-16(17)12-10-15;;;/h2*7-9,16-17,22-27,33H,4-6,10-11,13-15,18,20-21,28-32H2,1-3H3,(H,43,47)(H,44,46);2-4,9-10,14-15,19H,5-6,8,12-13,16-18H2,1H3,(H,27,30)(H,28,29);9-12H,3-8,13-14,17H2,1-2H3;3*1H2/t2*33-;19-;;;;/m000..../s1. The molecule has 12 rings (SSSR count). The Balaban J connectivity index is 0.000000315. The number of nitrogens with zero attached hydrogens (tertiary/aromatic N) is 3. The SMILES string of the molecule is CCCCCCN(C)CCCc1ccc(N)cc1.CCCCCCN(C)CCCc1ccc(NC(=O)[C@@H](C)Cc2ccc(C#CCCNC(=O)OCc3ccccc3)c3c2CCCC3)cc1.CCCCCCN(C)CCCc1ccc(NC(=O)[C@@H](C)Cc2ccc(C#CCCNC(=O)OCc3ccccc3)c3c2CCCC3)cc1.C[C@@H](Cc1ccc(C#CCCNC(=O)OCc2ccccc2)c2c1CCCC2)C(=O)O.S.S.S. The fourth-order valence-electron chi connectivity index (χ4n) is 18.6. The van der Waals surface area contributed by atoms with Crippen LogP contribution in [-0.2, 0) is 125 Å². The highest BCUT2D eigenvalue weighted by atomic mass is 32.1. The number of carboxylic acid groups (broad SMARTS) is 1. The van der Waals surface area contributed by atoms with Gasteiger partial charge >= 0.3 is 24.2 Å². The van der Waals surface area contributed by atoms with Gasteiger partial charge in [-0.1, -0.05) is 280 Å². The minimum absolute atomic E-state index is 0. The van der Waals surface area contributed by atoms with Gasteiger partial charge in [0.15, 0.2) is 0 Å². The third-order valence-electron chi connectivity index (χ3n) is 27.3. The summed E-state index contributed by atoms with van der Waals surface area (Å²) in [7, 11) is 6.68. The maximum Gasteiger partial charge on any atom is 0.407 e. The lowest BCUT2D eigenvalue weighted by atomic mass is 9.82. The number of hydrogen-bond acceptors (Lipinski definition) is 13. The Morgan fingerprint density at radius 3 is 0.885 bits per heavy atom. The number of fused-ring (bicyclic) bond motifs is 3. The van der Waals surface area contributed by atoms with E-state index < -0.39 is 30.2 Å². The largest absolute Gasteiger partial charge is 0.481 e. The predicted octanol–water partition coefficient (Wildman–Crippen LogP) is 25.5. The van der Waals surface area contributed by atoms with Crippen LogP contribution < -0.4 is 32.3 Å². The van der Waals surface area contributed by atoms with E-state index in [0.29, 0.717) is 58.2 Å². The number of carboxylic acids is 1. The average Bonchev–Trinajstić information content (AvgIpc) is 0.805. The van der Waals surface area contributed by atoms with Gasteiger partial charge in [-0.05, 0) is 353 Å². The first-order chi connectivity index (χ1) is 70.6. The molecule has 0 aliphatic heterocycles. The smallest absolute Gasteiger partial charge is 0.407 e. The van der Waals surface area contributed by atoms with E-state index in [1.54, 1.807) is 6.92 Å². The zero-order chi connectivity index (χ0) is 103. The van der Waals surface area contributed by atoms with E-state index in [1.165, 1.54) is 171 Å². The zero-order valence-corrected chi connectivity index (χ0v) is 93.3. The summed E-state index contributed by atoms with van der Waals surface area (Å²) in [5, 5.41) is 23.8. The molecule has 22 heteroatoms. The van der Waals surface area contributed by atoms with Gasteiger partial charge < -0.3 is 66.3 Å². The molecule has 0 spiro atoms. The number of ether oxygens (including phenoxy) is 3. The molecule has 19 nitrogen and oxygen atoms in total. The number of unbranched alkanes of at least 4 members (excludes halogenated alkanes) is 9. The number of nitrogens with two attached hydrogens (primary N) is 1. The van der Waals surface area contributed by atoms with Crippen molar-refractivity contribution in [3.8, 4) is 35.5 Å². The number of aryl methyl sites for hydroxylation is 3. The maximum atomic E-state index is 13.2. The van der Waals surface area contributed by atoms with Gasteiger partial charge in [0, 0.05) is 84.5 Å². The van der Waals surface area contributed by atoms with Gasteiger partial charge in [-0.2, -0.15) is 40.5 Å². The molecule has 9 aromatic rings. The second-order valence-electron chi connectivity index (χ2n) is 39.6. The van der Waals surface area contributed by atoms with Gasteiger partial charge in [-0.25, -0.2) is 14.4 Å². The van der Waals surface area contributed by atoms with Crippen LogP contribution >= 0.6 is 40.5 Å². The molecular formula is C126H173N9O10S3. The summed E-state index contributed by atoms with van der Waals surface area (Å²) in [5.41, 5.74) is 29.9. The lowest BCUT2D eigenvalue weighted by Crippen LogP contribution is -2.24. The molecule has 0 unspecified atom stereocenters. The number of nitrogen functional groups attached to an aromatic ring is 1. The molecule has 3 aliphatic carbocycles. The highest BCUT2D eigenvalue weighted by Gasteiger charge is 2.25. The van der Waals surface area contributed by atoms with Crippen LogP contribution in [0.3, 0.4) is 0 Å². The van der Waals surface area contributed by atoms with Gasteiger partial charge in [0.05, 0.1) is 5.92 Å². The van der Waals surface area contributed by atoms with Crippen molar-refractivity contribution in [1.82, 2.24) is 30.7 Å². The van der Waals surface area contributed by atoms with E-state index in [0.717, 1.165) is 178 Å². The molecule has 148 heavy (non-hydrogen) atoms. The van der Waals surface area contributed by atoms with Crippen LogP contribution in [0, 0.1) is 53.3 Å². The highest BCUT2D eigenvalue weighted by molar-refractivity contribution is 7.59. The molecule has 3 aliphatic rings. The number of carbonyl (C=O) groups excluding carboxylic acids is 5.